The summed E-state index contributed by atoms with van der Waals surface area (Å²) in [5.41, 5.74) is 0.297. The van der Waals surface area contributed by atoms with Crippen LogP contribution in [0.2, 0.25) is 0 Å². The molecule has 0 atom stereocenters. The Balaban J connectivity index is 1.99. The van der Waals surface area contributed by atoms with Gasteiger partial charge in [0.15, 0.2) is 6.61 Å². The lowest BCUT2D eigenvalue weighted by molar-refractivity contribution is -0.131. The zero-order chi connectivity index (χ0) is 19.1. The molecule has 0 aliphatic rings. The average Bonchev–Trinajstić information content (AvgIpc) is 3.18. The third-order valence-electron chi connectivity index (χ3n) is 3.41. The van der Waals surface area contributed by atoms with E-state index in [4.69, 9.17) is 4.74 Å². The third kappa shape index (κ3) is 5.00. The van der Waals surface area contributed by atoms with Gasteiger partial charge in [-0.1, -0.05) is 24.3 Å². The van der Waals surface area contributed by atoms with Crippen molar-refractivity contribution in [3.05, 3.63) is 57.8 Å². The molecule has 0 radical (unpaired) electrons. The first-order valence-corrected chi connectivity index (χ1v) is 8.59. The summed E-state index contributed by atoms with van der Waals surface area (Å²) in [4.78, 5) is 49.7. The van der Waals surface area contributed by atoms with Crippen LogP contribution in [-0.2, 0) is 14.3 Å². The summed E-state index contributed by atoms with van der Waals surface area (Å²) in [6, 6.07) is 9.68. The second-order valence-corrected chi connectivity index (χ2v) is 6.44. The summed E-state index contributed by atoms with van der Waals surface area (Å²) in [6.07, 6.45) is 0. The molecule has 0 unspecified atom stereocenters. The quantitative estimate of drug-likeness (QED) is 0.583. The van der Waals surface area contributed by atoms with Gasteiger partial charge in [0, 0.05) is 19.7 Å². The Morgan fingerprint density at radius 2 is 1.73 bits per heavy atom. The van der Waals surface area contributed by atoms with Crippen molar-refractivity contribution in [1.29, 1.82) is 0 Å². The lowest BCUT2D eigenvalue weighted by atomic mass is 10.0. The monoisotopic (exact) mass is 374 g/mol. The molecule has 8 heteroatoms. The molecule has 7 nitrogen and oxygen atoms in total. The van der Waals surface area contributed by atoms with Crippen LogP contribution in [0.3, 0.4) is 0 Å². The number of carbonyl (C=O) groups excluding carboxylic acids is 4. The number of nitrogens with zero attached hydrogens (tertiary/aromatic N) is 1. The summed E-state index contributed by atoms with van der Waals surface area (Å²) >= 11 is 1.27. The molecule has 1 heterocycles. The van der Waals surface area contributed by atoms with Crippen molar-refractivity contribution in [3.63, 3.8) is 0 Å². The molecule has 0 saturated carbocycles. The number of likely N-dealkylation sites (N-methyl/N-ethyl adjacent to an activating group) is 1. The highest BCUT2D eigenvalue weighted by Crippen LogP contribution is 2.19. The van der Waals surface area contributed by atoms with Crippen molar-refractivity contribution in [1.82, 2.24) is 10.2 Å². The molecule has 0 aliphatic heterocycles. The average molecular weight is 374 g/mol. The Hall–Kier alpha value is -3.00. The molecule has 0 spiro atoms. The highest BCUT2D eigenvalue weighted by atomic mass is 32.1. The molecule has 0 aliphatic carbocycles. The zero-order valence-electron chi connectivity index (χ0n) is 14.4. The SMILES string of the molecule is CN(C)C(=O)CNC(=O)COC(=O)c1ccccc1C(=O)c1cccs1. The highest BCUT2D eigenvalue weighted by molar-refractivity contribution is 7.12. The van der Waals surface area contributed by atoms with Crippen molar-refractivity contribution in [3.8, 4) is 0 Å². The molecule has 0 saturated heterocycles. The van der Waals surface area contributed by atoms with Gasteiger partial charge < -0.3 is 15.0 Å². The van der Waals surface area contributed by atoms with Gasteiger partial charge in [0.1, 0.15) is 0 Å². The number of ether oxygens (including phenoxy) is 1. The molecule has 2 aromatic rings. The molecule has 1 N–H and O–H groups in total. The van der Waals surface area contributed by atoms with Crippen molar-refractivity contribution >= 4 is 34.9 Å². The van der Waals surface area contributed by atoms with Gasteiger partial charge in [0.25, 0.3) is 5.91 Å². The van der Waals surface area contributed by atoms with E-state index in [9.17, 15) is 19.2 Å². The Kier molecular flexibility index (Phi) is 6.62. The first kappa shape index (κ1) is 19.3. The lowest BCUT2D eigenvalue weighted by Gasteiger charge is -2.11. The normalized spacial score (nSPS) is 10.1. The van der Waals surface area contributed by atoms with E-state index < -0.39 is 18.5 Å². The molecule has 2 amide bonds. The van der Waals surface area contributed by atoms with Gasteiger partial charge in [-0.05, 0) is 17.5 Å². The minimum Gasteiger partial charge on any atom is -0.452 e. The van der Waals surface area contributed by atoms with Crippen LogP contribution in [0.1, 0.15) is 25.6 Å². The summed E-state index contributed by atoms with van der Waals surface area (Å²) in [5.74, 6) is -1.94. The predicted octanol–water partition coefficient (Wildman–Crippen LogP) is 1.34. The van der Waals surface area contributed by atoms with E-state index in [0.717, 1.165) is 0 Å². The molecule has 1 aromatic carbocycles. The molecule has 2 rings (SSSR count). The third-order valence-corrected chi connectivity index (χ3v) is 4.28. The number of rotatable bonds is 7. The predicted molar refractivity (Wildman–Crippen MR) is 96.2 cm³/mol. The van der Waals surface area contributed by atoms with Gasteiger partial charge in [-0.3, -0.25) is 14.4 Å². The Morgan fingerprint density at radius 3 is 2.35 bits per heavy atom. The molecule has 26 heavy (non-hydrogen) atoms. The second kappa shape index (κ2) is 8.91. The van der Waals surface area contributed by atoms with Crippen LogP contribution >= 0.6 is 11.3 Å². The fourth-order valence-electron chi connectivity index (χ4n) is 1.99. The Bertz CT molecular complexity index is 815. The molecular formula is C18H18N2O5S. The maximum atomic E-state index is 12.5. The number of nitrogens with one attached hydrogen (secondary N) is 1. The van der Waals surface area contributed by atoms with Gasteiger partial charge in [0.2, 0.25) is 11.7 Å². The van der Waals surface area contributed by atoms with E-state index in [2.05, 4.69) is 5.32 Å². The van der Waals surface area contributed by atoms with Crippen molar-refractivity contribution in [2.75, 3.05) is 27.2 Å². The Labute approximate surface area is 154 Å². The number of esters is 1. The van der Waals surface area contributed by atoms with Crippen molar-refractivity contribution < 1.29 is 23.9 Å². The summed E-state index contributed by atoms with van der Waals surface area (Å²) in [7, 11) is 3.13. The van der Waals surface area contributed by atoms with Crippen LogP contribution in [0.25, 0.3) is 0 Å². The van der Waals surface area contributed by atoms with Crippen molar-refractivity contribution in [2.24, 2.45) is 0 Å². The molecule has 0 fully saturated rings. The Morgan fingerprint density at radius 1 is 1.04 bits per heavy atom. The van der Waals surface area contributed by atoms with Crippen LogP contribution < -0.4 is 5.32 Å². The van der Waals surface area contributed by atoms with Gasteiger partial charge in [-0.25, -0.2) is 4.79 Å². The minimum atomic E-state index is -0.778. The number of amides is 2. The maximum Gasteiger partial charge on any atom is 0.339 e. The highest BCUT2D eigenvalue weighted by Gasteiger charge is 2.20. The smallest absolute Gasteiger partial charge is 0.339 e. The first-order valence-electron chi connectivity index (χ1n) is 7.71. The number of hydrogen-bond acceptors (Lipinski definition) is 6. The molecular weight excluding hydrogens is 356 g/mol. The summed E-state index contributed by atoms with van der Waals surface area (Å²) in [5, 5.41) is 4.13. The van der Waals surface area contributed by atoms with Gasteiger partial charge in [-0.2, -0.15) is 0 Å². The van der Waals surface area contributed by atoms with E-state index in [1.807, 2.05) is 0 Å². The van der Waals surface area contributed by atoms with E-state index >= 15 is 0 Å². The largest absolute Gasteiger partial charge is 0.452 e. The maximum absolute atomic E-state index is 12.5. The van der Waals surface area contributed by atoms with Gasteiger partial charge in [0.05, 0.1) is 17.0 Å². The number of benzene rings is 1. The van der Waals surface area contributed by atoms with E-state index in [-0.39, 0.29) is 29.4 Å². The summed E-state index contributed by atoms with van der Waals surface area (Å²) in [6.45, 7) is -0.724. The van der Waals surface area contributed by atoms with E-state index in [1.54, 1.807) is 43.7 Å². The number of hydrogen-bond donors (Lipinski definition) is 1. The van der Waals surface area contributed by atoms with Gasteiger partial charge in [-0.15, -0.1) is 11.3 Å². The fraction of sp³-hybridized carbons (Fsp3) is 0.222. The number of ketones is 1. The minimum absolute atomic E-state index is 0.0862. The van der Waals surface area contributed by atoms with Crippen LogP contribution in [0.4, 0.5) is 0 Å². The van der Waals surface area contributed by atoms with Crippen LogP contribution in [0, 0.1) is 0 Å². The van der Waals surface area contributed by atoms with Crippen LogP contribution in [-0.4, -0.2) is 55.7 Å². The number of thiophene rings is 1. The number of carbonyl (C=O) groups is 4. The fourth-order valence-corrected chi connectivity index (χ4v) is 2.67. The zero-order valence-corrected chi connectivity index (χ0v) is 15.2. The lowest BCUT2D eigenvalue weighted by Crippen LogP contribution is -2.38. The topological polar surface area (TPSA) is 92.8 Å². The molecule has 0 bridgehead atoms. The van der Waals surface area contributed by atoms with E-state index in [1.165, 1.54) is 28.4 Å². The molecule has 136 valence electrons. The molecule has 1 aromatic heterocycles. The van der Waals surface area contributed by atoms with Crippen LogP contribution in [0.15, 0.2) is 41.8 Å². The van der Waals surface area contributed by atoms with E-state index in [0.29, 0.717) is 4.88 Å². The summed E-state index contributed by atoms with van der Waals surface area (Å²) < 4.78 is 4.97. The first-order chi connectivity index (χ1) is 12.4. The second-order valence-electron chi connectivity index (χ2n) is 5.49. The standard InChI is InChI=1S/C18H18N2O5S/c1-20(2)16(22)10-19-15(21)11-25-18(24)13-7-4-3-6-12(13)17(23)14-8-5-9-26-14/h3-9H,10-11H2,1-2H3,(H,19,21). The van der Waals surface area contributed by atoms with Crippen molar-refractivity contribution in [2.45, 2.75) is 0 Å². The van der Waals surface area contributed by atoms with Crippen LogP contribution in [0.5, 0.6) is 0 Å². The van der Waals surface area contributed by atoms with Gasteiger partial charge >= 0.3 is 5.97 Å².